The summed E-state index contributed by atoms with van der Waals surface area (Å²) < 4.78 is 42.6. The Kier molecular flexibility index (Phi) is 6.03. The van der Waals surface area contributed by atoms with Crippen molar-refractivity contribution >= 4 is 11.7 Å². The third-order valence-electron chi connectivity index (χ3n) is 6.23. The molecule has 4 aromatic rings. The highest BCUT2D eigenvalue weighted by molar-refractivity contribution is 5.99. The van der Waals surface area contributed by atoms with Gasteiger partial charge in [-0.1, -0.05) is 84.9 Å². The molecule has 0 radical (unpaired) electrons. The molecule has 3 aromatic carbocycles. The standard InChI is InChI=1S/C27H23F3N4O/c28-27(29,30)24-15-23(19-11-5-2-6-12-19)33-25-22(17-32-34(24)25)26(35)31-16-20-13-7-8-14-21(20)18-9-3-1-4-10-18/h1-14,17,23-24,33H,15-16H2,(H,31,35)/t23-,24+/m1/s1. The van der Waals surface area contributed by atoms with Crippen LogP contribution < -0.4 is 10.6 Å². The van der Waals surface area contributed by atoms with E-state index in [-0.39, 0.29) is 24.3 Å². The fraction of sp³-hybridized carbons (Fsp3) is 0.185. The van der Waals surface area contributed by atoms with Crippen LogP contribution in [0.2, 0.25) is 0 Å². The van der Waals surface area contributed by atoms with Gasteiger partial charge < -0.3 is 10.6 Å². The number of nitrogens with one attached hydrogen (secondary N) is 2. The highest BCUT2D eigenvalue weighted by Gasteiger charge is 2.47. The van der Waals surface area contributed by atoms with Crippen molar-refractivity contribution in [2.24, 2.45) is 0 Å². The van der Waals surface area contributed by atoms with Crippen LogP contribution >= 0.6 is 0 Å². The zero-order valence-electron chi connectivity index (χ0n) is 18.7. The third kappa shape index (κ3) is 4.64. The summed E-state index contributed by atoms with van der Waals surface area (Å²) in [6.07, 6.45) is -3.52. The summed E-state index contributed by atoms with van der Waals surface area (Å²) in [5.41, 5.74) is 3.69. The molecule has 1 amide bonds. The molecule has 0 aliphatic carbocycles. The van der Waals surface area contributed by atoms with Crippen molar-refractivity contribution in [1.82, 2.24) is 15.1 Å². The lowest BCUT2D eigenvalue weighted by Crippen LogP contribution is -2.36. The minimum atomic E-state index is -4.50. The summed E-state index contributed by atoms with van der Waals surface area (Å²) in [6, 6.07) is 24.0. The molecule has 1 aromatic heterocycles. The molecule has 0 spiro atoms. The number of nitrogens with zero attached hydrogens (tertiary/aromatic N) is 2. The number of aromatic nitrogens is 2. The lowest BCUT2D eigenvalue weighted by molar-refractivity contribution is -0.173. The number of rotatable bonds is 5. The van der Waals surface area contributed by atoms with Crippen molar-refractivity contribution in [3.8, 4) is 11.1 Å². The van der Waals surface area contributed by atoms with Crippen LogP contribution in [0.1, 0.15) is 40.0 Å². The Morgan fingerprint density at radius 3 is 2.34 bits per heavy atom. The number of alkyl halides is 3. The number of benzene rings is 3. The number of halogens is 3. The second kappa shape index (κ2) is 9.29. The zero-order chi connectivity index (χ0) is 24.4. The Labute approximate surface area is 200 Å². The highest BCUT2D eigenvalue weighted by atomic mass is 19.4. The minimum Gasteiger partial charge on any atom is -0.363 e. The second-order valence-corrected chi connectivity index (χ2v) is 8.46. The average molecular weight is 477 g/mol. The number of hydrogen-bond donors (Lipinski definition) is 2. The van der Waals surface area contributed by atoms with Gasteiger partial charge in [0.2, 0.25) is 0 Å². The third-order valence-corrected chi connectivity index (χ3v) is 6.23. The second-order valence-electron chi connectivity index (χ2n) is 8.46. The Hall–Kier alpha value is -4.07. The number of hydrogen-bond acceptors (Lipinski definition) is 3. The Bertz CT molecular complexity index is 1320. The first kappa shape index (κ1) is 22.7. The van der Waals surface area contributed by atoms with E-state index in [2.05, 4.69) is 15.7 Å². The van der Waals surface area contributed by atoms with Gasteiger partial charge in [-0.3, -0.25) is 4.79 Å². The molecular weight excluding hydrogens is 453 g/mol. The number of amides is 1. The average Bonchev–Trinajstić information content (AvgIpc) is 3.31. The van der Waals surface area contributed by atoms with Gasteiger partial charge in [-0.05, 0) is 22.3 Å². The molecule has 8 heteroatoms. The predicted octanol–water partition coefficient (Wildman–Crippen LogP) is 6.14. The summed E-state index contributed by atoms with van der Waals surface area (Å²) in [4.78, 5) is 13.1. The van der Waals surface area contributed by atoms with E-state index < -0.39 is 24.2 Å². The monoisotopic (exact) mass is 476 g/mol. The van der Waals surface area contributed by atoms with Crippen LogP contribution in [-0.4, -0.2) is 21.9 Å². The molecule has 0 unspecified atom stereocenters. The van der Waals surface area contributed by atoms with Gasteiger partial charge in [0, 0.05) is 13.0 Å². The van der Waals surface area contributed by atoms with Gasteiger partial charge in [0.15, 0.2) is 6.04 Å². The lowest BCUT2D eigenvalue weighted by Gasteiger charge is -2.34. The maximum Gasteiger partial charge on any atom is 0.410 e. The van der Waals surface area contributed by atoms with Crippen molar-refractivity contribution in [2.75, 3.05) is 5.32 Å². The van der Waals surface area contributed by atoms with Gasteiger partial charge in [0.1, 0.15) is 11.4 Å². The highest BCUT2D eigenvalue weighted by Crippen LogP contribution is 2.44. The van der Waals surface area contributed by atoms with Crippen molar-refractivity contribution in [2.45, 2.75) is 31.2 Å². The number of carbonyl (C=O) groups excluding carboxylic acids is 1. The summed E-state index contributed by atoms with van der Waals surface area (Å²) >= 11 is 0. The van der Waals surface area contributed by atoms with E-state index in [1.807, 2.05) is 60.7 Å². The minimum absolute atomic E-state index is 0.0706. The van der Waals surface area contributed by atoms with Gasteiger partial charge in [0.25, 0.3) is 5.91 Å². The van der Waals surface area contributed by atoms with Gasteiger partial charge in [0.05, 0.1) is 12.2 Å². The maximum atomic E-state index is 13.9. The van der Waals surface area contributed by atoms with E-state index in [1.54, 1.807) is 24.3 Å². The molecule has 2 N–H and O–H groups in total. The molecule has 0 saturated heterocycles. The summed E-state index contributed by atoms with van der Waals surface area (Å²) in [5.74, 6) is -0.419. The molecule has 178 valence electrons. The Morgan fingerprint density at radius 2 is 1.63 bits per heavy atom. The predicted molar refractivity (Wildman–Crippen MR) is 128 cm³/mol. The molecule has 1 aliphatic rings. The van der Waals surface area contributed by atoms with Crippen molar-refractivity contribution in [1.29, 1.82) is 0 Å². The fourth-order valence-electron chi connectivity index (χ4n) is 4.48. The Morgan fingerprint density at radius 1 is 0.971 bits per heavy atom. The largest absolute Gasteiger partial charge is 0.410 e. The van der Waals surface area contributed by atoms with Crippen molar-refractivity contribution in [3.05, 3.63) is 108 Å². The van der Waals surface area contributed by atoms with Crippen molar-refractivity contribution < 1.29 is 18.0 Å². The first-order valence-corrected chi connectivity index (χ1v) is 11.3. The smallest absolute Gasteiger partial charge is 0.363 e. The first-order valence-electron chi connectivity index (χ1n) is 11.3. The molecule has 1 aliphatic heterocycles. The van der Waals surface area contributed by atoms with Crippen LogP contribution in [0.15, 0.2) is 91.1 Å². The lowest BCUT2D eigenvalue weighted by atomic mass is 9.96. The van der Waals surface area contributed by atoms with E-state index in [0.717, 1.165) is 26.9 Å². The maximum absolute atomic E-state index is 13.9. The molecule has 2 heterocycles. The molecule has 2 atom stereocenters. The van der Waals surface area contributed by atoms with E-state index in [0.29, 0.717) is 0 Å². The molecule has 0 fully saturated rings. The van der Waals surface area contributed by atoms with Crippen LogP contribution in [0.3, 0.4) is 0 Å². The topological polar surface area (TPSA) is 59.0 Å². The number of carbonyl (C=O) groups is 1. The summed E-state index contributed by atoms with van der Waals surface area (Å²) in [7, 11) is 0. The SMILES string of the molecule is O=C(NCc1ccccc1-c1ccccc1)c1cnn2c1N[C@@H](c1ccccc1)C[C@H]2C(F)(F)F. The molecule has 35 heavy (non-hydrogen) atoms. The molecular formula is C27H23F3N4O. The quantitative estimate of drug-likeness (QED) is 0.364. The first-order chi connectivity index (χ1) is 16.9. The van der Waals surface area contributed by atoms with Crippen LogP contribution in [0.25, 0.3) is 11.1 Å². The molecule has 5 nitrogen and oxygen atoms in total. The number of fused-ring (bicyclic) bond motifs is 1. The van der Waals surface area contributed by atoms with Crippen molar-refractivity contribution in [3.63, 3.8) is 0 Å². The molecule has 0 saturated carbocycles. The van der Waals surface area contributed by atoms with Gasteiger partial charge >= 0.3 is 6.18 Å². The fourth-order valence-corrected chi connectivity index (χ4v) is 4.48. The molecule has 0 bridgehead atoms. The van der Waals surface area contributed by atoms with Gasteiger partial charge in [-0.25, -0.2) is 4.68 Å². The van der Waals surface area contributed by atoms with Crippen LogP contribution in [-0.2, 0) is 6.54 Å². The normalized spacial score (nSPS) is 17.3. The van der Waals surface area contributed by atoms with Crippen LogP contribution in [0, 0.1) is 0 Å². The summed E-state index contributed by atoms with van der Waals surface area (Å²) in [6.45, 7) is 0.222. The van der Waals surface area contributed by atoms with Crippen LogP contribution in [0.4, 0.5) is 19.0 Å². The van der Waals surface area contributed by atoms with E-state index >= 15 is 0 Å². The number of anilines is 1. The van der Waals surface area contributed by atoms with Crippen LogP contribution in [0.5, 0.6) is 0 Å². The van der Waals surface area contributed by atoms with E-state index in [4.69, 9.17) is 0 Å². The molecule has 5 rings (SSSR count). The van der Waals surface area contributed by atoms with Gasteiger partial charge in [-0.15, -0.1) is 0 Å². The zero-order valence-corrected chi connectivity index (χ0v) is 18.7. The van der Waals surface area contributed by atoms with E-state index in [9.17, 15) is 18.0 Å². The van der Waals surface area contributed by atoms with E-state index in [1.165, 1.54) is 6.20 Å². The van der Waals surface area contributed by atoms with Gasteiger partial charge in [-0.2, -0.15) is 18.3 Å². The Balaban J connectivity index is 1.41. The summed E-state index contributed by atoms with van der Waals surface area (Å²) in [5, 5.41) is 9.92.